The highest BCUT2D eigenvalue weighted by Crippen LogP contribution is 2.27. The second-order valence-electron chi connectivity index (χ2n) is 6.20. The van der Waals surface area contributed by atoms with Gasteiger partial charge in [0.1, 0.15) is 15.9 Å². The molecule has 0 radical (unpaired) electrons. The number of nitrogens with zero attached hydrogens (tertiary/aromatic N) is 3. The van der Waals surface area contributed by atoms with Gasteiger partial charge in [-0.1, -0.05) is 6.07 Å². The standard InChI is InChI=1S/C17H20F3N5OS/c1-11-14(27-16(24-11)12-4-2-3-5-22-12)15(26)23-10-13(17(18,19)20)25-8-6-21-7-9-25/h2-5,13,21H,6-10H2,1H3,(H,23,26). The Morgan fingerprint density at radius 3 is 2.74 bits per heavy atom. The van der Waals surface area contributed by atoms with Gasteiger partial charge in [-0.2, -0.15) is 13.2 Å². The Balaban J connectivity index is 1.70. The molecular weight excluding hydrogens is 379 g/mol. The van der Waals surface area contributed by atoms with Crippen molar-refractivity contribution in [2.75, 3.05) is 32.7 Å². The topological polar surface area (TPSA) is 70.2 Å². The molecule has 0 aromatic carbocycles. The first-order valence-corrected chi connectivity index (χ1v) is 9.36. The van der Waals surface area contributed by atoms with Gasteiger partial charge in [0.2, 0.25) is 0 Å². The number of aryl methyl sites for hydroxylation is 1. The van der Waals surface area contributed by atoms with Crippen molar-refractivity contribution in [3.05, 3.63) is 35.0 Å². The predicted molar refractivity (Wildman–Crippen MR) is 96.7 cm³/mol. The quantitative estimate of drug-likeness (QED) is 0.806. The Morgan fingerprint density at radius 2 is 2.11 bits per heavy atom. The Morgan fingerprint density at radius 1 is 1.37 bits per heavy atom. The van der Waals surface area contributed by atoms with E-state index in [4.69, 9.17) is 0 Å². The minimum Gasteiger partial charge on any atom is -0.349 e. The molecule has 1 aliphatic rings. The lowest BCUT2D eigenvalue weighted by Crippen LogP contribution is -2.57. The Kier molecular flexibility index (Phi) is 6.08. The van der Waals surface area contributed by atoms with Crippen LogP contribution in [0.4, 0.5) is 13.2 Å². The van der Waals surface area contributed by atoms with Gasteiger partial charge in [-0.3, -0.25) is 14.7 Å². The summed E-state index contributed by atoms with van der Waals surface area (Å²) in [4.78, 5) is 22.6. The summed E-state index contributed by atoms with van der Waals surface area (Å²) in [5, 5.41) is 6.03. The van der Waals surface area contributed by atoms with Gasteiger partial charge in [0.25, 0.3) is 5.91 Å². The molecule has 1 amide bonds. The molecule has 2 aromatic rings. The van der Waals surface area contributed by atoms with E-state index in [1.54, 1.807) is 31.3 Å². The monoisotopic (exact) mass is 399 g/mol. The van der Waals surface area contributed by atoms with Crippen LogP contribution >= 0.6 is 11.3 Å². The number of thiazole rings is 1. The summed E-state index contributed by atoms with van der Waals surface area (Å²) in [6.07, 6.45) is -2.79. The van der Waals surface area contributed by atoms with Crippen LogP contribution in [0, 0.1) is 6.92 Å². The summed E-state index contributed by atoms with van der Waals surface area (Å²) in [6, 6.07) is 3.64. The fourth-order valence-corrected chi connectivity index (χ4v) is 3.88. The Hall–Kier alpha value is -2.04. The molecule has 146 valence electrons. The van der Waals surface area contributed by atoms with Crippen molar-refractivity contribution in [3.63, 3.8) is 0 Å². The number of aromatic nitrogens is 2. The van der Waals surface area contributed by atoms with E-state index < -0.39 is 24.7 Å². The molecule has 3 rings (SSSR count). The van der Waals surface area contributed by atoms with Gasteiger partial charge in [0.05, 0.1) is 11.4 Å². The molecule has 1 aliphatic heterocycles. The van der Waals surface area contributed by atoms with E-state index in [0.717, 1.165) is 11.3 Å². The van der Waals surface area contributed by atoms with Gasteiger partial charge >= 0.3 is 6.18 Å². The number of alkyl halides is 3. The smallest absolute Gasteiger partial charge is 0.349 e. The van der Waals surface area contributed by atoms with E-state index >= 15 is 0 Å². The number of piperazine rings is 1. The van der Waals surface area contributed by atoms with Gasteiger partial charge in [-0.05, 0) is 19.1 Å². The van der Waals surface area contributed by atoms with Crippen LogP contribution in [0.1, 0.15) is 15.4 Å². The number of rotatable bonds is 5. The van der Waals surface area contributed by atoms with Crippen LogP contribution < -0.4 is 10.6 Å². The molecule has 1 fully saturated rings. The lowest BCUT2D eigenvalue weighted by molar-refractivity contribution is -0.183. The fourth-order valence-electron chi connectivity index (χ4n) is 2.92. The lowest BCUT2D eigenvalue weighted by atomic mass is 10.2. The number of carbonyl (C=O) groups is 1. The third-order valence-electron chi connectivity index (χ3n) is 4.31. The number of hydrogen-bond donors (Lipinski definition) is 2. The molecule has 1 saturated heterocycles. The van der Waals surface area contributed by atoms with Crippen molar-refractivity contribution < 1.29 is 18.0 Å². The zero-order valence-corrected chi connectivity index (χ0v) is 15.5. The molecule has 0 aliphatic carbocycles. The number of halogens is 3. The molecule has 1 unspecified atom stereocenters. The van der Waals surface area contributed by atoms with Crippen LogP contribution in [0.2, 0.25) is 0 Å². The maximum Gasteiger partial charge on any atom is 0.405 e. The molecule has 27 heavy (non-hydrogen) atoms. The molecule has 0 spiro atoms. The maximum atomic E-state index is 13.4. The molecule has 3 heterocycles. The van der Waals surface area contributed by atoms with E-state index in [9.17, 15) is 18.0 Å². The largest absolute Gasteiger partial charge is 0.405 e. The number of nitrogens with one attached hydrogen (secondary N) is 2. The van der Waals surface area contributed by atoms with E-state index in [1.807, 2.05) is 0 Å². The van der Waals surface area contributed by atoms with Crippen LogP contribution in [0.5, 0.6) is 0 Å². The molecule has 1 atom stereocenters. The molecular formula is C17H20F3N5OS. The van der Waals surface area contributed by atoms with E-state index in [2.05, 4.69) is 20.6 Å². The van der Waals surface area contributed by atoms with Crippen molar-refractivity contribution in [2.24, 2.45) is 0 Å². The average Bonchev–Trinajstić information content (AvgIpc) is 3.04. The Bertz CT molecular complexity index is 775. The van der Waals surface area contributed by atoms with Crippen LogP contribution in [0.15, 0.2) is 24.4 Å². The summed E-state index contributed by atoms with van der Waals surface area (Å²) in [6.45, 7) is 2.77. The van der Waals surface area contributed by atoms with Crippen LogP contribution in [-0.2, 0) is 0 Å². The van der Waals surface area contributed by atoms with Crippen molar-refractivity contribution in [1.82, 2.24) is 25.5 Å². The van der Waals surface area contributed by atoms with Gasteiger partial charge in [-0.25, -0.2) is 4.98 Å². The molecule has 0 bridgehead atoms. The molecule has 2 aromatic heterocycles. The summed E-state index contributed by atoms with van der Waals surface area (Å²) < 4.78 is 40.3. The SMILES string of the molecule is Cc1nc(-c2ccccn2)sc1C(=O)NCC(N1CCNCC1)C(F)(F)F. The van der Waals surface area contributed by atoms with Crippen LogP contribution in [0.3, 0.4) is 0 Å². The first kappa shape index (κ1) is 19.7. The Labute approximate surface area is 158 Å². The fraction of sp³-hybridized carbons (Fsp3) is 0.471. The molecule has 0 saturated carbocycles. The zero-order valence-electron chi connectivity index (χ0n) is 14.7. The highest BCUT2D eigenvalue weighted by Gasteiger charge is 2.43. The summed E-state index contributed by atoms with van der Waals surface area (Å²) in [5.41, 5.74) is 1.10. The van der Waals surface area contributed by atoms with Gasteiger partial charge in [0.15, 0.2) is 0 Å². The normalized spacial score (nSPS) is 16.9. The number of hydrogen-bond acceptors (Lipinski definition) is 6. The van der Waals surface area contributed by atoms with Gasteiger partial charge in [-0.15, -0.1) is 11.3 Å². The van der Waals surface area contributed by atoms with Crippen LogP contribution in [0.25, 0.3) is 10.7 Å². The van der Waals surface area contributed by atoms with E-state index in [1.165, 1.54) is 4.90 Å². The van der Waals surface area contributed by atoms with Crippen molar-refractivity contribution in [2.45, 2.75) is 19.1 Å². The first-order valence-electron chi connectivity index (χ1n) is 8.55. The van der Waals surface area contributed by atoms with Crippen molar-refractivity contribution in [3.8, 4) is 10.7 Å². The number of amides is 1. The van der Waals surface area contributed by atoms with E-state index in [0.29, 0.717) is 47.5 Å². The van der Waals surface area contributed by atoms with Crippen molar-refractivity contribution >= 4 is 17.2 Å². The average molecular weight is 399 g/mol. The summed E-state index contributed by atoms with van der Waals surface area (Å²) >= 11 is 1.12. The van der Waals surface area contributed by atoms with Gasteiger partial charge < -0.3 is 10.6 Å². The first-order chi connectivity index (χ1) is 12.9. The minimum atomic E-state index is -4.41. The minimum absolute atomic E-state index is 0.295. The second kappa shape index (κ2) is 8.32. The third-order valence-corrected chi connectivity index (χ3v) is 5.49. The second-order valence-corrected chi connectivity index (χ2v) is 7.20. The summed E-state index contributed by atoms with van der Waals surface area (Å²) in [7, 11) is 0. The third kappa shape index (κ3) is 4.82. The maximum absolute atomic E-state index is 13.4. The number of pyridine rings is 1. The molecule has 6 nitrogen and oxygen atoms in total. The number of carbonyl (C=O) groups excluding carboxylic acids is 1. The predicted octanol–water partition coefficient (Wildman–Crippen LogP) is 2.08. The highest BCUT2D eigenvalue weighted by molar-refractivity contribution is 7.17. The summed E-state index contributed by atoms with van der Waals surface area (Å²) in [5.74, 6) is -0.545. The van der Waals surface area contributed by atoms with Crippen molar-refractivity contribution in [1.29, 1.82) is 0 Å². The lowest BCUT2D eigenvalue weighted by Gasteiger charge is -2.35. The van der Waals surface area contributed by atoms with Crippen LogP contribution in [-0.4, -0.2) is 65.7 Å². The molecule has 2 N–H and O–H groups in total. The van der Waals surface area contributed by atoms with E-state index in [-0.39, 0.29) is 0 Å². The highest BCUT2D eigenvalue weighted by atomic mass is 32.1. The van der Waals surface area contributed by atoms with Gasteiger partial charge in [0, 0.05) is 38.9 Å². The zero-order chi connectivity index (χ0) is 19.4. The molecule has 10 heteroatoms.